The van der Waals surface area contributed by atoms with Crippen molar-refractivity contribution in [1.82, 2.24) is 19.1 Å². The zero-order chi connectivity index (χ0) is 34.5. The van der Waals surface area contributed by atoms with Crippen LogP contribution in [-0.4, -0.2) is 69.4 Å². The van der Waals surface area contributed by atoms with Crippen molar-refractivity contribution in [2.45, 2.75) is 90.9 Å². The summed E-state index contributed by atoms with van der Waals surface area (Å²) in [6.45, 7) is 4.89. The van der Waals surface area contributed by atoms with Gasteiger partial charge in [-0.2, -0.15) is 0 Å². The van der Waals surface area contributed by atoms with Crippen LogP contribution in [-0.2, 0) is 65.1 Å². The highest BCUT2D eigenvalue weighted by atomic mass is 16.5. The van der Waals surface area contributed by atoms with Gasteiger partial charge in [-0.15, -0.1) is 0 Å². The Balaban J connectivity index is 1.16. The number of carbonyl (C=O) groups excluding carboxylic acids is 4. The summed E-state index contributed by atoms with van der Waals surface area (Å²) in [6.07, 6.45) is 15.9. The van der Waals surface area contributed by atoms with Gasteiger partial charge in [0.15, 0.2) is 0 Å². The molecular formula is C36H54N4O8. The third-order valence-corrected chi connectivity index (χ3v) is 9.63. The fraction of sp³-hybridized carbons (Fsp3) is 0.722. The molecule has 266 valence electrons. The van der Waals surface area contributed by atoms with Gasteiger partial charge in [0.1, 0.15) is 0 Å². The maximum absolute atomic E-state index is 13.1. The molecule has 2 saturated carbocycles. The van der Waals surface area contributed by atoms with E-state index in [2.05, 4.69) is 9.97 Å². The number of hydrogen-bond donors (Lipinski definition) is 0. The lowest BCUT2D eigenvalue weighted by atomic mass is 9.87. The van der Waals surface area contributed by atoms with E-state index in [0.29, 0.717) is 51.7 Å². The van der Waals surface area contributed by atoms with Gasteiger partial charge in [0.25, 0.3) is 0 Å². The van der Waals surface area contributed by atoms with E-state index in [1.54, 1.807) is 25.0 Å². The highest BCUT2D eigenvalue weighted by Gasteiger charge is 2.36. The predicted octanol–water partition coefficient (Wildman–Crippen LogP) is 4.78. The smallest absolute Gasteiger partial charge is 0.309 e. The van der Waals surface area contributed by atoms with Gasteiger partial charge < -0.3 is 28.1 Å². The van der Waals surface area contributed by atoms with E-state index < -0.39 is 11.8 Å². The lowest BCUT2D eigenvalue weighted by Crippen LogP contribution is -2.32. The highest BCUT2D eigenvalue weighted by molar-refractivity contribution is 5.76. The minimum absolute atomic E-state index is 0.00307. The van der Waals surface area contributed by atoms with Crippen molar-refractivity contribution in [1.29, 1.82) is 0 Å². The van der Waals surface area contributed by atoms with E-state index in [-0.39, 0.29) is 60.8 Å². The Hall–Kier alpha value is -3.70. The number of hydrogen-bond acceptors (Lipinski definition) is 10. The second-order valence-electron chi connectivity index (χ2n) is 13.5. The molecule has 0 aromatic carbocycles. The zero-order valence-electron chi connectivity index (χ0n) is 29.1. The van der Waals surface area contributed by atoms with E-state index >= 15 is 0 Å². The lowest BCUT2D eigenvalue weighted by molar-refractivity contribution is -0.156. The predicted molar refractivity (Wildman–Crippen MR) is 176 cm³/mol. The van der Waals surface area contributed by atoms with Gasteiger partial charge in [0.2, 0.25) is 0 Å². The third-order valence-electron chi connectivity index (χ3n) is 9.63. The molecule has 12 heteroatoms. The van der Waals surface area contributed by atoms with Gasteiger partial charge in [-0.05, 0) is 77.0 Å². The molecule has 2 aromatic heterocycles. The minimum atomic E-state index is -0.392. The van der Waals surface area contributed by atoms with Crippen LogP contribution in [0.4, 0.5) is 0 Å². The quantitative estimate of drug-likeness (QED) is 0.0922. The van der Waals surface area contributed by atoms with Gasteiger partial charge in [-0.1, -0.05) is 13.8 Å². The molecule has 4 rings (SSSR count). The molecule has 48 heavy (non-hydrogen) atoms. The monoisotopic (exact) mass is 670 g/mol. The first-order chi connectivity index (χ1) is 23.2. The van der Waals surface area contributed by atoms with Crippen LogP contribution in [0.2, 0.25) is 0 Å². The van der Waals surface area contributed by atoms with Crippen molar-refractivity contribution < 1.29 is 38.1 Å². The highest BCUT2D eigenvalue weighted by Crippen LogP contribution is 2.32. The van der Waals surface area contributed by atoms with Gasteiger partial charge >= 0.3 is 23.9 Å². The van der Waals surface area contributed by atoms with Gasteiger partial charge in [0, 0.05) is 49.7 Å². The molecule has 0 aliphatic heterocycles. The molecular weight excluding hydrogens is 616 g/mol. The summed E-state index contributed by atoms with van der Waals surface area (Å²) in [5.74, 6) is -2.07. The molecule has 0 amide bonds. The fourth-order valence-electron chi connectivity index (χ4n) is 6.09. The summed E-state index contributed by atoms with van der Waals surface area (Å²) in [7, 11) is 3.82. The van der Waals surface area contributed by atoms with Crippen LogP contribution in [0.1, 0.15) is 89.4 Å². The number of imidazole rings is 2. The van der Waals surface area contributed by atoms with Crippen molar-refractivity contribution in [2.24, 2.45) is 49.6 Å². The fourth-order valence-corrected chi connectivity index (χ4v) is 6.09. The standard InChI is InChI=1S/C36H54N4O8/c1-5-31(27(17-29-19-37-23-39(29)3)21-47-33(41)25-11-12-25)35(43)45-15-9-7-8-10-16-46-36(44)32(6-2)28(18-30-20-38-24-40(30)4)22-48-34(42)26-13-14-26/h19-20,23-28,31-32H,5-18,21-22H2,1-4H3/t27-,28-,31-,32-/m0/s1. The van der Waals surface area contributed by atoms with Crippen LogP contribution < -0.4 is 0 Å². The van der Waals surface area contributed by atoms with Gasteiger partial charge in [0.05, 0.1) is 62.8 Å². The van der Waals surface area contributed by atoms with E-state index in [4.69, 9.17) is 18.9 Å². The van der Waals surface area contributed by atoms with Crippen molar-refractivity contribution in [2.75, 3.05) is 26.4 Å². The Morgan fingerprint density at radius 2 is 1.06 bits per heavy atom. The third kappa shape index (κ3) is 11.5. The zero-order valence-corrected chi connectivity index (χ0v) is 29.1. The van der Waals surface area contributed by atoms with Crippen LogP contribution in [0.15, 0.2) is 25.0 Å². The number of aromatic nitrogens is 4. The maximum Gasteiger partial charge on any atom is 0.309 e. The molecule has 0 radical (unpaired) electrons. The first-order valence-corrected chi connectivity index (χ1v) is 17.8. The normalized spacial score (nSPS) is 16.8. The van der Waals surface area contributed by atoms with Crippen LogP contribution in [0.3, 0.4) is 0 Å². The molecule has 0 spiro atoms. The van der Waals surface area contributed by atoms with E-state index in [9.17, 15) is 19.2 Å². The summed E-state index contributed by atoms with van der Waals surface area (Å²) < 4.78 is 26.4. The molecule has 2 heterocycles. The van der Waals surface area contributed by atoms with Crippen LogP contribution >= 0.6 is 0 Å². The Bertz CT molecular complexity index is 1230. The molecule has 0 saturated heterocycles. The number of aryl methyl sites for hydroxylation is 2. The summed E-state index contributed by atoms with van der Waals surface area (Å²) in [4.78, 5) is 59.1. The second-order valence-corrected chi connectivity index (χ2v) is 13.5. The topological polar surface area (TPSA) is 141 Å². The van der Waals surface area contributed by atoms with E-state index in [1.165, 1.54) is 0 Å². The Kier molecular flexibility index (Phi) is 14.5. The average Bonchev–Trinajstić information content (AvgIpc) is 4.01. The number of ether oxygens (including phenoxy) is 4. The van der Waals surface area contributed by atoms with Gasteiger partial charge in [-0.25, -0.2) is 9.97 Å². The van der Waals surface area contributed by atoms with Crippen molar-refractivity contribution in [3.05, 3.63) is 36.4 Å². The number of carbonyl (C=O) groups is 4. The molecule has 4 atom stereocenters. The first kappa shape index (κ1) is 37.1. The molecule has 0 unspecified atom stereocenters. The van der Waals surface area contributed by atoms with Gasteiger partial charge in [-0.3, -0.25) is 19.2 Å². The Morgan fingerprint density at radius 1 is 0.667 bits per heavy atom. The molecule has 12 nitrogen and oxygen atoms in total. The lowest BCUT2D eigenvalue weighted by Gasteiger charge is -2.25. The Labute approximate surface area is 284 Å². The molecule has 0 bridgehead atoms. The second kappa shape index (κ2) is 18.7. The van der Waals surface area contributed by atoms with E-state index in [1.807, 2.05) is 37.1 Å². The average molecular weight is 671 g/mol. The molecule has 2 aromatic rings. The van der Waals surface area contributed by atoms with Crippen molar-refractivity contribution in [3.8, 4) is 0 Å². The summed E-state index contributed by atoms with van der Waals surface area (Å²) >= 11 is 0. The van der Waals surface area contributed by atoms with Crippen molar-refractivity contribution >= 4 is 23.9 Å². The van der Waals surface area contributed by atoms with Crippen LogP contribution in [0.25, 0.3) is 0 Å². The first-order valence-electron chi connectivity index (χ1n) is 17.8. The molecule has 2 aliphatic carbocycles. The van der Waals surface area contributed by atoms with Crippen LogP contribution in [0, 0.1) is 35.5 Å². The summed E-state index contributed by atoms with van der Waals surface area (Å²) in [5, 5.41) is 0. The van der Waals surface area contributed by atoms with Crippen molar-refractivity contribution in [3.63, 3.8) is 0 Å². The molecule has 2 aliphatic rings. The number of rotatable bonds is 23. The summed E-state index contributed by atoms with van der Waals surface area (Å²) in [5.41, 5.74) is 1.95. The van der Waals surface area contributed by atoms with E-state index in [0.717, 1.165) is 49.9 Å². The Morgan fingerprint density at radius 3 is 1.38 bits per heavy atom. The molecule has 2 fully saturated rings. The number of nitrogens with zero attached hydrogens (tertiary/aromatic N) is 4. The SMILES string of the molecule is CC[C@H](C(=O)OCCCCCCOC(=O)[C@@H](CC)[C@H](COC(=O)C1CC1)Cc1cncn1C)[C@H](COC(=O)C1CC1)Cc1cncn1C. The largest absolute Gasteiger partial charge is 0.465 e. The van der Waals surface area contributed by atoms with Crippen LogP contribution in [0.5, 0.6) is 0 Å². The maximum atomic E-state index is 13.1. The molecule has 0 N–H and O–H groups in total. The minimum Gasteiger partial charge on any atom is -0.465 e. The number of esters is 4. The summed E-state index contributed by atoms with van der Waals surface area (Å²) in [6, 6.07) is 0. The number of unbranched alkanes of at least 4 members (excludes halogenated alkanes) is 3.